The summed E-state index contributed by atoms with van der Waals surface area (Å²) in [6, 6.07) is 6.02. The molecule has 4 N–H and O–H groups in total. The molecule has 2 rings (SSSR count). The predicted molar refractivity (Wildman–Crippen MR) is 103 cm³/mol. The van der Waals surface area contributed by atoms with E-state index in [-0.39, 0.29) is 35.8 Å². The number of carbonyl (C=O) groups is 1. The van der Waals surface area contributed by atoms with Crippen LogP contribution in [0.25, 0.3) is 0 Å². The SMILES string of the molecule is COCCNS(=O)(=O)c1ccc(C(=O)NC2CCCCC2CN)cc1.Cl. The quantitative estimate of drug-likeness (QED) is 0.564. The summed E-state index contributed by atoms with van der Waals surface area (Å²) < 4.78 is 31.5. The highest BCUT2D eigenvalue weighted by molar-refractivity contribution is 7.89. The number of rotatable bonds is 8. The van der Waals surface area contributed by atoms with Gasteiger partial charge in [0.1, 0.15) is 0 Å². The van der Waals surface area contributed by atoms with Crippen molar-refractivity contribution >= 4 is 28.3 Å². The Balaban J connectivity index is 0.00000338. The lowest BCUT2D eigenvalue weighted by Crippen LogP contribution is -2.44. The maximum absolute atomic E-state index is 12.4. The van der Waals surface area contributed by atoms with Crippen molar-refractivity contribution in [3.05, 3.63) is 29.8 Å². The number of halogens is 1. The van der Waals surface area contributed by atoms with E-state index in [2.05, 4.69) is 10.0 Å². The number of nitrogens with one attached hydrogen (secondary N) is 2. The van der Waals surface area contributed by atoms with Gasteiger partial charge in [-0.2, -0.15) is 0 Å². The van der Waals surface area contributed by atoms with E-state index in [1.165, 1.54) is 31.4 Å². The number of nitrogens with two attached hydrogens (primary N) is 1. The van der Waals surface area contributed by atoms with E-state index in [1.54, 1.807) is 0 Å². The summed E-state index contributed by atoms with van der Waals surface area (Å²) in [5, 5.41) is 3.04. The van der Waals surface area contributed by atoms with Crippen LogP contribution in [0, 0.1) is 5.92 Å². The Hall–Kier alpha value is -1.19. The molecular weight excluding hydrogens is 378 g/mol. The first-order valence-electron chi connectivity index (χ1n) is 8.57. The lowest BCUT2D eigenvalue weighted by Gasteiger charge is -2.31. The highest BCUT2D eigenvalue weighted by atomic mass is 35.5. The third-order valence-electron chi connectivity index (χ3n) is 4.55. The van der Waals surface area contributed by atoms with E-state index >= 15 is 0 Å². The Bertz CT molecular complexity index is 667. The van der Waals surface area contributed by atoms with Crippen molar-refractivity contribution in [3.63, 3.8) is 0 Å². The molecule has 1 saturated carbocycles. The van der Waals surface area contributed by atoms with Gasteiger partial charge in [0.15, 0.2) is 0 Å². The molecule has 0 aliphatic heterocycles. The van der Waals surface area contributed by atoms with Gasteiger partial charge in [-0.25, -0.2) is 13.1 Å². The van der Waals surface area contributed by atoms with Crippen molar-refractivity contribution in [1.29, 1.82) is 0 Å². The third-order valence-corrected chi connectivity index (χ3v) is 6.03. The molecule has 2 atom stereocenters. The Morgan fingerprint density at radius 3 is 2.50 bits per heavy atom. The molecule has 1 fully saturated rings. The Labute approximate surface area is 161 Å². The summed E-state index contributed by atoms with van der Waals surface area (Å²) in [6.07, 6.45) is 4.21. The maximum atomic E-state index is 12.4. The van der Waals surface area contributed by atoms with Gasteiger partial charge in [0.2, 0.25) is 10.0 Å². The second kappa shape index (κ2) is 10.8. The van der Waals surface area contributed by atoms with Crippen LogP contribution in [-0.4, -0.2) is 47.2 Å². The fourth-order valence-corrected chi connectivity index (χ4v) is 4.09. The number of ether oxygens (including phenoxy) is 1. The van der Waals surface area contributed by atoms with Crippen molar-refractivity contribution < 1.29 is 17.9 Å². The first-order chi connectivity index (χ1) is 12.0. The molecule has 1 aromatic carbocycles. The minimum atomic E-state index is -3.59. The normalized spacial score (nSPS) is 20.2. The van der Waals surface area contributed by atoms with E-state index in [0.29, 0.717) is 24.6 Å². The molecule has 0 heterocycles. The van der Waals surface area contributed by atoms with Crippen LogP contribution in [0.4, 0.5) is 0 Å². The van der Waals surface area contributed by atoms with Crippen LogP contribution in [0.3, 0.4) is 0 Å². The molecule has 0 spiro atoms. The molecule has 0 radical (unpaired) electrons. The monoisotopic (exact) mass is 405 g/mol. The third kappa shape index (κ3) is 6.21. The average molecular weight is 406 g/mol. The van der Waals surface area contributed by atoms with Crippen LogP contribution in [0.2, 0.25) is 0 Å². The smallest absolute Gasteiger partial charge is 0.251 e. The van der Waals surface area contributed by atoms with Gasteiger partial charge in [0.05, 0.1) is 11.5 Å². The summed E-state index contributed by atoms with van der Waals surface area (Å²) in [7, 11) is -2.09. The number of methoxy groups -OCH3 is 1. The van der Waals surface area contributed by atoms with E-state index in [9.17, 15) is 13.2 Å². The van der Waals surface area contributed by atoms with Crippen LogP contribution in [0.1, 0.15) is 36.0 Å². The number of hydrogen-bond acceptors (Lipinski definition) is 5. The number of benzene rings is 1. The highest BCUT2D eigenvalue weighted by Crippen LogP contribution is 2.24. The molecule has 0 bridgehead atoms. The summed E-state index contributed by atoms with van der Waals surface area (Å²) in [6.45, 7) is 1.06. The van der Waals surface area contributed by atoms with Crippen molar-refractivity contribution in [2.24, 2.45) is 11.7 Å². The molecule has 1 aliphatic carbocycles. The first kappa shape index (κ1) is 22.9. The predicted octanol–water partition coefficient (Wildman–Crippen LogP) is 1.28. The minimum absolute atomic E-state index is 0. The number of amides is 1. The van der Waals surface area contributed by atoms with Crippen LogP contribution >= 0.6 is 12.4 Å². The van der Waals surface area contributed by atoms with Crippen molar-refractivity contribution in [2.45, 2.75) is 36.6 Å². The molecule has 9 heteroatoms. The fourth-order valence-electron chi connectivity index (χ4n) is 3.08. The highest BCUT2D eigenvalue weighted by Gasteiger charge is 2.25. The Kier molecular flexibility index (Phi) is 9.52. The molecule has 26 heavy (non-hydrogen) atoms. The number of sulfonamides is 1. The standard InChI is InChI=1S/C17H27N3O4S.ClH/c1-24-11-10-19-25(22,23)15-8-6-13(7-9-15)17(21)20-16-5-3-2-4-14(16)12-18;/h6-9,14,16,19H,2-5,10-12,18H2,1H3,(H,20,21);1H. The van der Waals surface area contributed by atoms with Gasteiger partial charge in [-0.3, -0.25) is 4.79 Å². The second-order valence-corrected chi connectivity index (χ2v) is 8.04. The summed E-state index contributed by atoms with van der Waals surface area (Å²) in [4.78, 5) is 12.5. The van der Waals surface area contributed by atoms with Gasteiger partial charge in [-0.05, 0) is 49.6 Å². The summed E-state index contributed by atoms with van der Waals surface area (Å²) in [5.74, 6) is 0.115. The zero-order chi connectivity index (χ0) is 18.3. The van der Waals surface area contributed by atoms with Crippen LogP contribution in [0.5, 0.6) is 0 Å². The van der Waals surface area contributed by atoms with Gasteiger partial charge < -0.3 is 15.8 Å². The lowest BCUT2D eigenvalue weighted by molar-refractivity contribution is 0.0908. The van der Waals surface area contributed by atoms with Crippen LogP contribution in [0.15, 0.2) is 29.2 Å². The maximum Gasteiger partial charge on any atom is 0.251 e. The van der Waals surface area contributed by atoms with E-state index in [1.807, 2.05) is 0 Å². The molecule has 7 nitrogen and oxygen atoms in total. The van der Waals surface area contributed by atoms with E-state index in [0.717, 1.165) is 25.7 Å². The first-order valence-corrected chi connectivity index (χ1v) is 10.1. The van der Waals surface area contributed by atoms with Crippen LogP contribution in [-0.2, 0) is 14.8 Å². The second-order valence-electron chi connectivity index (χ2n) is 6.28. The Morgan fingerprint density at radius 2 is 1.88 bits per heavy atom. The number of carbonyl (C=O) groups excluding carboxylic acids is 1. The average Bonchev–Trinajstić information content (AvgIpc) is 2.62. The van der Waals surface area contributed by atoms with Gasteiger partial charge in [-0.1, -0.05) is 12.8 Å². The molecule has 148 valence electrons. The van der Waals surface area contributed by atoms with Gasteiger partial charge >= 0.3 is 0 Å². The summed E-state index contributed by atoms with van der Waals surface area (Å²) in [5.41, 5.74) is 6.23. The van der Waals surface area contributed by atoms with Crippen molar-refractivity contribution in [1.82, 2.24) is 10.0 Å². The van der Waals surface area contributed by atoms with E-state index in [4.69, 9.17) is 10.5 Å². The molecule has 2 unspecified atom stereocenters. The minimum Gasteiger partial charge on any atom is -0.383 e. The van der Waals surface area contributed by atoms with Gasteiger partial charge in [0, 0.05) is 25.3 Å². The fraction of sp³-hybridized carbons (Fsp3) is 0.588. The Morgan fingerprint density at radius 1 is 1.23 bits per heavy atom. The zero-order valence-corrected chi connectivity index (χ0v) is 16.6. The van der Waals surface area contributed by atoms with Crippen molar-refractivity contribution in [2.75, 3.05) is 26.8 Å². The molecule has 1 amide bonds. The largest absolute Gasteiger partial charge is 0.383 e. The number of hydrogen-bond donors (Lipinski definition) is 3. The summed E-state index contributed by atoms with van der Waals surface area (Å²) >= 11 is 0. The van der Waals surface area contributed by atoms with Gasteiger partial charge in [-0.15, -0.1) is 12.4 Å². The molecule has 0 aromatic heterocycles. The topological polar surface area (TPSA) is 111 Å². The van der Waals surface area contributed by atoms with Gasteiger partial charge in [0.25, 0.3) is 5.91 Å². The lowest BCUT2D eigenvalue weighted by atomic mass is 9.84. The molecule has 0 saturated heterocycles. The van der Waals surface area contributed by atoms with Crippen molar-refractivity contribution in [3.8, 4) is 0 Å². The zero-order valence-electron chi connectivity index (χ0n) is 14.9. The molecular formula is C17H28ClN3O4S. The van der Waals surface area contributed by atoms with E-state index < -0.39 is 10.0 Å². The molecule has 1 aliphatic rings. The van der Waals surface area contributed by atoms with Crippen LogP contribution < -0.4 is 15.8 Å². The molecule has 1 aromatic rings.